The number of carbonyl (C=O) groups excluding carboxylic acids is 2. The van der Waals surface area contributed by atoms with Crippen LogP contribution in [0.15, 0.2) is 24.3 Å². The highest BCUT2D eigenvalue weighted by molar-refractivity contribution is 5.92. The van der Waals surface area contributed by atoms with E-state index in [2.05, 4.69) is 0 Å². The number of hydrogen-bond acceptors (Lipinski definition) is 4. The van der Waals surface area contributed by atoms with Crippen molar-refractivity contribution in [3.05, 3.63) is 24.3 Å². The van der Waals surface area contributed by atoms with Gasteiger partial charge in [0.25, 0.3) is 0 Å². The summed E-state index contributed by atoms with van der Waals surface area (Å²) in [6.07, 6.45) is 10.2. The predicted octanol–water partition coefficient (Wildman–Crippen LogP) is 4.59. The molecule has 0 amide bonds. The normalized spacial score (nSPS) is 28.2. The van der Waals surface area contributed by atoms with E-state index < -0.39 is 10.8 Å². The van der Waals surface area contributed by atoms with E-state index in [-0.39, 0.29) is 24.1 Å². The molecule has 0 radical (unpaired) electrons. The number of allylic oxidation sites excluding steroid dienone is 2. The Morgan fingerprint density at radius 1 is 0.833 bits per heavy atom. The van der Waals surface area contributed by atoms with Crippen LogP contribution < -0.4 is 0 Å². The molecular formula is C20H32O4. The highest BCUT2D eigenvalue weighted by Gasteiger charge is 2.55. The van der Waals surface area contributed by atoms with Gasteiger partial charge in [0, 0.05) is 0 Å². The lowest BCUT2D eigenvalue weighted by Crippen LogP contribution is -2.50. The van der Waals surface area contributed by atoms with Crippen LogP contribution in [-0.4, -0.2) is 24.1 Å². The zero-order valence-corrected chi connectivity index (χ0v) is 15.9. The second kappa shape index (κ2) is 8.50. The summed E-state index contributed by atoms with van der Waals surface area (Å²) in [5, 5.41) is 0. The van der Waals surface area contributed by atoms with Crippen molar-refractivity contribution >= 4 is 11.9 Å². The van der Waals surface area contributed by atoms with Crippen molar-refractivity contribution in [1.29, 1.82) is 0 Å². The third-order valence-electron chi connectivity index (χ3n) is 4.90. The van der Waals surface area contributed by atoms with Gasteiger partial charge in [0.1, 0.15) is 10.8 Å². The van der Waals surface area contributed by atoms with Crippen LogP contribution in [0.25, 0.3) is 0 Å². The van der Waals surface area contributed by atoms with Crippen LogP contribution in [0.1, 0.15) is 67.2 Å². The maximum atomic E-state index is 12.8. The van der Waals surface area contributed by atoms with Crippen molar-refractivity contribution in [1.82, 2.24) is 0 Å². The molecule has 4 heteroatoms. The van der Waals surface area contributed by atoms with Gasteiger partial charge in [0.05, 0.1) is 12.2 Å². The molecule has 0 aromatic rings. The number of carbonyl (C=O) groups is 2. The minimum absolute atomic E-state index is 0.169. The molecule has 0 heterocycles. The minimum Gasteiger partial charge on any atom is -0.462 e. The van der Waals surface area contributed by atoms with E-state index >= 15 is 0 Å². The van der Waals surface area contributed by atoms with Crippen molar-refractivity contribution in [3.8, 4) is 0 Å². The van der Waals surface area contributed by atoms with Gasteiger partial charge in [-0.15, -0.1) is 0 Å². The lowest BCUT2D eigenvalue weighted by Gasteiger charge is -2.41. The van der Waals surface area contributed by atoms with Crippen LogP contribution in [0.4, 0.5) is 0 Å². The standard InChI is InChI=1S/C20H32O4/c1-7-11-15(3)23-17(21)19(5)13-9-10-14-20(19,6)18(22)24-16(4)12-8-2/h9-10,13-16H,7-8,11-12H2,1-6H3. The Balaban J connectivity index is 3.01. The molecule has 4 atom stereocenters. The summed E-state index contributed by atoms with van der Waals surface area (Å²) in [4.78, 5) is 25.6. The first-order valence-corrected chi connectivity index (χ1v) is 9.00. The van der Waals surface area contributed by atoms with Crippen LogP contribution in [0, 0.1) is 10.8 Å². The lowest BCUT2D eigenvalue weighted by molar-refractivity contribution is -0.176. The topological polar surface area (TPSA) is 52.6 Å². The van der Waals surface area contributed by atoms with E-state index in [1.54, 1.807) is 38.2 Å². The van der Waals surface area contributed by atoms with E-state index in [1.807, 2.05) is 27.7 Å². The van der Waals surface area contributed by atoms with E-state index in [4.69, 9.17) is 9.47 Å². The Morgan fingerprint density at radius 2 is 1.17 bits per heavy atom. The zero-order valence-electron chi connectivity index (χ0n) is 15.9. The Bertz CT molecular complexity index is 462. The smallest absolute Gasteiger partial charge is 0.317 e. The molecule has 1 rings (SSSR count). The number of hydrogen-bond donors (Lipinski definition) is 0. The highest BCUT2D eigenvalue weighted by atomic mass is 16.6. The van der Waals surface area contributed by atoms with Crippen molar-refractivity contribution in [3.63, 3.8) is 0 Å². The first kappa shape index (κ1) is 20.5. The molecule has 0 aromatic heterocycles. The first-order valence-electron chi connectivity index (χ1n) is 9.00. The minimum atomic E-state index is -1.08. The van der Waals surface area contributed by atoms with E-state index in [9.17, 15) is 9.59 Å². The number of esters is 2. The lowest BCUT2D eigenvalue weighted by atomic mass is 9.63. The van der Waals surface area contributed by atoms with E-state index in [0.29, 0.717) is 0 Å². The monoisotopic (exact) mass is 336 g/mol. The average molecular weight is 336 g/mol. The summed E-state index contributed by atoms with van der Waals surface area (Å²) >= 11 is 0. The Labute approximate surface area is 146 Å². The molecule has 0 aliphatic heterocycles. The molecule has 0 spiro atoms. The molecule has 4 unspecified atom stereocenters. The molecule has 0 aromatic carbocycles. The number of rotatable bonds is 8. The molecule has 0 saturated heterocycles. The fraction of sp³-hybridized carbons (Fsp3) is 0.700. The van der Waals surface area contributed by atoms with Crippen LogP contribution in [0.2, 0.25) is 0 Å². The largest absolute Gasteiger partial charge is 0.462 e. The second-order valence-electron chi connectivity index (χ2n) is 7.13. The predicted molar refractivity (Wildman–Crippen MR) is 95.4 cm³/mol. The molecule has 1 aliphatic carbocycles. The van der Waals surface area contributed by atoms with Crippen LogP contribution in [-0.2, 0) is 19.1 Å². The maximum Gasteiger partial charge on any atom is 0.317 e. The quantitative estimate of drug-likeness (QED) is 0.608. The highest BCUT2D eigenvalue weighted by Crippen LogP contribution is 2.46. The fourth-order valence-electron chi connectivity index (χ4n) is 2.94. The van der Waals surface area contributed by atoms with Gasteiger partial charge in [0.15, 0.2) is 0 Å². The van der Waals surface area contributed by atoms with Crippen molar-refractivity contribution in [2.24, 2.45) is 10.8 Å². The van der Waals surface area contributed by atoms with Gasteiger partial charge >= 0.3 is 11.9 Å². The maximum absolute atomic E-state index is 12.8. The molecule has 1 aliphatic rings. The van der Waals surface area contributed by atoms with Crippen molar-refractivity contribution in [2.75, 3.05) is 0 Å². The third-order valence-corrected chi connectivity index (χ3v) is 4.90. The molecule has 0 N–H and O–H groups in total. The Morgan fingerprint density at radius 3 is 1.46 bits per heavy atom. The third kappa shape index (κ3) is 4.28. The van der Waals surface area contributed by atoms with Crippen molar-refractivity contribution in [2.45, 2.75) is 79.4 Å². The molecule has 24 heavy (non-hydrogen) atoms. The fourth-order valence-corrected chi connectivity index (χ4v) is 2.94. The van der Waals surface area contributed by atoms with Gasteiger partial charge in [0.2, 0.25) is 0 Å². The van der Waals surface area contributed by atoms with E-state index in [0.717, 1.165) is 25.7 Å². The van der Waals surface area contributed by atoms with Crippen molar-refractivity contribution < 1.29 is 19.1 Å². The van der Waals surface area contributed by atoms with Gasteiger partial charge in [-0.3, -0.25) is 9.59 Å². The molecule has 0 fully saturated rings. The van der Waals surface area contributed by atoms with E-state index in [1.165, 1.54) is 0 Å². The van der Waals surface area contributed by atoms with Crippen LogP contribution in [0.5, 0.6) is 0 Å². The summed E-state index contributed by atoms with van der Waals surface area (Å²) in [6.45, 7) is 11.4. The van der Waals surface area contributed by atoms with Gasteiger partial charge in [-0.1, -0.05) is 51.0 Å². The van der Waals surface area contributed by atoms with Crippen LogP contribution >= 0.6 is 0 Å². The SMILES string of the molecule is CCCC(C)OC(=O)C1(C)C=CC=CC1(C)C(=O)OC(C)CCC. The summed E-state index contributed by atoms with van der Waals surface area (Å²) in [5.41, 5.74) is -2.15. The van der Waals surface area contributed by atoms with Crippen LogP contribution in [0.3, 0.4) is 0 Å². The Kier molecular flexibility index (Phi) is 7.25. The average Bonchev–Trinajstić information content (AvgIpc) is 2.50. The van der Waals surface area contributed by atoms with Gasteiger partial charge < -0.3 is 9.47 Å². The van der Waals surface area contributed by atoms with Gasteiger partial charge in [-0.2, -0.15) is 0 Å². The first-order chi connectivity index (χ1) is 11.2. The Hall–Kier alpha value is -1.58. The number of ether oxygens (including phenoxy) is 2. The summed E-state index contributed by atoms with van der Waals surface area (Å²) in [5.74, 6) is -0.765. The zero-order chi connectivity index (χ0) is 18.4. The van der Waals surface area contributed by atoms with Gasteiger partial charge in [-0.05, 0) is 40.5 Å². The molecular weight excluding hydrogens is 304 g/mol. The molecule has 0 saturated carbocycles. The van der Waals surface area contributed by atoms with Gasteiger partial charge in [-0.25, -0.2) is 0 Å². The summed E-state index contributed by atoms with van der Waals surface area (Å²) in [6, 6.07) is 0. The second-order valence-corrected chi connectivity index (χ2v) is 7.13. The molecule has 136 valence electrons. The molecule has 4 nitrogen and oxygen atoms in total. The summed E-state index contributed by atoms with van der Waals surface area (Å²) < 4.78 is 11.2. The molecule has 0 bridgehead atoms. The summed E-state index contributed by atoms with van der Waals surface area (Å²) in [7, 11) is 0.